The van der Waals surface area contributed by atoms with E-state index in [1.54, 1.807) is 49.6 Å². The first kappa shape index (κ1) is 21.4. The quantitative estimate of drug-likeness (QED) is 0.564. The Balaban J connectivity index is 1.57. The maximum absolute atomic E-state index is 13.7. The van der Waals surface area contributed by atoms with Crippen molar-refractivity contribution >= 4 is 40.9 Å². The van der Waals surface area contributed by atoms with Crippen molar-refractivity contribution in [3.8, 4) is 5.75 Å². The average molecular weight is 469 g/mol. The Morgan fingerprint density at radius 1 is 1.15 bits per heavy atom. The number of anilines is 1. The monoisotopic (exact) mass is 468 g/mol. The third-order valence-electron chi connectivity index (χ3n) is 6.69. The van der Waals surface area contributed by atoms with Crippen molar-refractivity contribution in [2.45, 2.75) is 24.5 Å². The number of ether oxygens (including phenoxy) is 1. The molecule has 0 unspecified atom stereocenters. The van der Waals surface area contributed by atoms with Crippen molar-refractivity contribution in [1.29, 1.82) is 0 Å². The molecule has 170 valence electrons. The zero-order chi connectivity index (χ0) is 23.5. The molecule has 0 saturated carbocycles. The van der Waals surface area contributed by atoms with Crippen LogP contribution in [0.1, 0.15) is 17.5 Å². The van der Waals surface area contributed by atoms with Crippen LogP contribution in [0.25, 0.3) is 0 Å². The number of hydrogen-bond acceptors (Lipinski definition) is 6. The van der Waals surface area contributed by atoms with Crippen LogP contribution in [0.2, 0.25) is 5.02 Å². The molecular weight excluding hydrogens is 448 g/mol. The summed E-state index contributed by atoms with van der Waals surface area (Å²) in [4.78, 5) is 53.4. The molecule has 2 fully saturated rings. The molecule has 4 atom stereocenters. The SMILES string of the molecule is COc1ccc(CN2C(=O)[C@@H]3[C@@H](C2=O)[C@]2(N[C@@H]3CC(N)=O)C(=O)Nc3ccc(Cl)cc32)cc1. The summed E-state index contributed by atoms with van der Waals surface area (Å²) >= 11 is 6.21. The van der Waals surface area contributed by atoms with Crippen LogP contribution in [0.4, 0.5) is 5.69 Å². The predicted octanol–water partition coefficient (Wildman–Crippen LogP) is 1.14. The highest BCUT2D eigenvalue weighted by Gasteiger charge is 2.70. The maximum Gasteiger partial charge on any atom is 0.250 e. The molecule has 33 heavy (non-hydrogen) atoms. The molecule has 4 N–H and O–H groups in total. The number of nitrogens with one attached hydrogen (secondary N) is 2. The Morgan fingerprint density at radius 3 is 2.55 bits per heavy atom. The van der Waals surface area contributed by atoms with Crippen molar-refractivity contribution in [3.05, 3.63) is 58.6 Å². The maximum atomic E-state index is 13.7. The van der Waals surface area contributed by atoms with E-state index in [2.05, 4.69) is 10.6 Å². The van der Waals surface area contributed by atoms with E-state index in [0.717, 1.165) is 10.5 Å². The molecule has 10 heteroatoms. The molecule has 4 amide bonds. The van der Waals surface area contributed by atoms with E-state index in [-0.39, 0.29) is 13.0 Å². The number of methoxy groups -OCH3 is 1. The number of halogens is 1. The van der Waals surface area contributed by atoms with Gasteiger partial charge in [0, 0.05) is 28.7 Å². The normalized spacial score (nSPS) is 27.6. The lowest BCUT2D eigenvalue weighted by Gasteiger charge is -2.29. The minimum Gasteiger partial charge on any atom is -0.497 e. The van der Waals surface area contributed by atoms with E-state index in [1.807, 2.05) is 0 Å². The van der Waals surface area contributed by atoms with Gasteiger partial charge in [0.1, 0.15) is 11.3 Å². The zero-order valence-electron chi connectivity index (χ0n) is 17.6. The second-order valence-corrected chi connectivity index (χ2v) is 8.92. The molecule has 1 spiro atoms. The van der Waals surface area contributed by atoms with Crippen LogP contribution >= 0.6 is 11.6 Å². The number of fused-ring (bicyclic) bond motifs is 4. The molecule has 0 radical (unpaired) electrons. The number of nitrogens with two attached hydrogens (primary N) is 1. The predicted molar refractivity (Wildman–Crippen MR) is 118 cm³/mol. The summed E-state index contributed by atoms with van der Waals surface area (Å²) in [5.41, 5.74) is 5.63. The van der Waals surface area contributed by atoms with Crippen LogP contribution < -0.4 is 21.1 Å². The van der Waals surface area contributed by atoms with Crippen molar-refractivity contribution < 1.29 is 23.9 Å². The van der Waals surface area contributed by atoms with E-state index >= 15 is 0 Å². The number of carbonyl (C=O) groups excluding carboxylic acids is 4. The number of nitrogens with zero attached hydrogens (tertiary/aromatic N) is 1. The van der Waals surface area contributed by atoms with Crippen LogP contribution in [-0.2, 0) is 31.3 Å². The number of amides is 4. The van der Waals surface area contributed by atoms with Gasteiger partial charge in [0.25, 0.3) is 0 Å². The van der Waals surface area contributed by atoms with Gasteiger partial charge >= 0.3 is 0 Å². The number of imide groups is 1. The van der Waals surface area contributed by atoms with Gasteiger partial charge in [0.2, 0.25) is 23.6 Å². The van der Waals surface area contributed by atoms with E-state index in [0.29, 0.717) is 22.0 Å². The molecular formula is C23H21ClN4O5. The minimum absolute atomic E-state index is 0.0397. The molecule has 3 heterocycles. The largest absolute Gasteiger partial charge is 0.497 e. The standard InChI is InChI=1S/C23H21ClN4O5/c1-33-13-5-2-11(3-6-13)10-28-20(30)18-16(9-17(25)29)27-23(19(18)21(28)31)14-8-12(24)4-7-15(14)26-22(23)32/h2-8,16,18-19,27H,9-10H2,1H3,(H2,25,29)(H,26,32)/t16-,18+,19+,23+/m1/s1. The Kier molecular flexibility index (Phi) is 4.91. The van der Waals surface area contributed by atoms with Gasteiger partial charge in [-0.15, -0.1) is 0 Å². The third-order valence-corrected chi connectivity index (χ3v) is 6.92. The fourth-order valence-corrected chi connectivity index (χ4v) is 5.47. The van der Waals surface area contributed by atoms with E-state index in [4.69, 9.17) is 22.1 Å². The summed E-state index contributed by atoms with van der Waals surface area (Å²) in [6.45, 7) is 0.0397. The Hall–Kier alpha value is -3.43. The van der Waals surface area contributed by atoms with Gasteiger partial charge in [-0.1, -0.05) is 23.7 Å². The summed E-state index contributed by atoms with van der Waals surface area (Å²) in [6, 6.07) is 11.1. The summed E-state index contributed by atoms with van der Waals surface area (Å²) < 4.78 is 5.16. The van der Waals surface area contributed by atoms with E-state index in [9.17, 15) is 19.2 Å². The minimum atomic E-state index is -1.52. The van der Waals surface area contributed by atoms with Crippen LogP contribution in [0.15, 0.2) is 42.5 Å². The fraction of sp³-hybridized carbons (Fsp3) is 0.304. The summed E-state index contributed by atoms with van der Waals surface area (Å²) in [5.74, 6) is -3.33. The molecule has 2 saturated heterocycles. The molecule has 0 aliphatic carbocycles. The van der Waals surface area contributed by atoms with Gasteiger partial charge in [-0.3, -0.25) is 29.4 Å². The van der Waals surface area contributed by atoms with Gasteiger partial charge in [0.15, 0.2) is 0 Å². The molecule has 0 aromatic heterocycles. The lowest BCUT2D eigenvalue weighted by atomic mass is 9.76. The Morgan fingerprint density at radius 2 is 1.88 bits per heavy atom. The first-order valence-electron chi connectivity index (χ1n) is 10.4. The molecule has 0 bridgehead atoms. The van der Waals surface area contributed by atoms with Crippen LogP contribution in [0, 0.1) is 11.8 Å². The third kappa shape index (κ3) is 3.11. The molecule has 3 aliphatic rings. The number of rotatable bonds is 5. The Labute approximate surface area is 194 Å². The number of benzene rings is 2. The lowest BCUT2D eigenvalue weighted by molar-refractivity contribution is -0.143. The summed E-state index contributed by atoms with van der Waals surface area (Å²) in [5, 5.41) is 6.30. The number of hydrogen-bond donors (Lipinski definition) is 3. The van der Waals surface area contributed by atoms with Gasteiger partial charge in [-0.05, 0) is 35.9 Å². The second kappa shape index (κ2) is 7.57. The lowest BCUT2D eigenvalue weighted by Crippen LogP contribution is -2.53. The van der Waals surface area contributed by atoms with Gasteiger partial charge in [-0.25, -0.2) is 0 Å². The highest BCUT2D eigenvalue weighted by atomic mass is 35.5. The number of primary amides is 1. The molecule has 2 aromatic rings. The zero-order valence-corrected chi connectivity index (χ0v) is 18.4. The van der Waals surface area contributed by atoms with Crippen molar-refractivity contribution in [2.75, 3.05) is 12.4 Å². The van der Waals surface area contributed by atoms with E-state index < -0.39 is 47.0 Å². The topological polar surface area (TPSA) is 131 Å². The Bertz CT molecular complexity index is 1200. The second-order valence-electron chi connectivity index (χ2n) is 8.49. The van der Waals surface area contributed by atoms with Crippen LogP contribution in [0.5, 0.6) is 5.75 Å². The smallest absolute Gasteiger partial charge is 0.250 e. The van der Waals surface area contributed by atoms with Crippen molar-refractivity contribution in [1.82, 2.24) is 10.2 Å². The van der Waals surface area contributed by atoms with Gasteiger partial charge in [-0.2, -0.15) is 0 Å². The van der Waals surface area contributed by atoms with Crippen LogP contribution in [-0.4, -0.2) is 41.7 Å². The van der Waals surface area contributed by atoms with Crippen LogP contribution in [0.3, 0.4) is 0 Å². The molecule has 3 aliphatic heterocycles. The van der Waals surface area contributed by atoms with Gasteiger partial charge in [0.05, 0.1) is 25.5 Å². The average Bonchev–Trinajstić information content (AvgIpc) is 3.34. The summed E-state index contributed by atoms with van der Waals surface area (Å²) in [6.07, 6.45) is -0.193. The number of likely N-dealkylation sites (tertiary alicyclic amines) is 1. The number of carbonyl (C=O) groups is 4. The fourth-order valence-electron chi connectivity index (χ4n) is 5.29. The summed E-state index contributed by atoms with van der Waals surface area (Å²) in [7, 11) is 1.55. The molecule has 9 nitrogen and oxygen atoms in total. The van der Waals surface area contributed by atoms with E-state index in [1.165, 1.54) is 0 Å². The first-order valence-corrected chi connectivity index (χ1v) is 10.8. The first-order chi connectivity index (χ1) is 15.8. The van der Waals surface area contributed by atoms with Gasteiger partial charge < -0.3 is 15.8 Å². The van der Waals surface area contributed by atoms with Crippen molar-refractivity contribution in [2.24, 2.45) is 17.6 Å². The molecule has 2 aromatic carbocycles. The molecule has 5 rings (SSSR count). The van der Waals surface area contributed by atoms with Crippen molar-refractivity contribution in [3.63, 3.8) is 0 Å². The highest BCUT2D eigenvalue weighted by molar-refractivity contribution is 6.31. The highest BCUT2D eigenvalue weighted by Crippen LogP contribution is 2.53.